The number of benzene rings is 1. The van der Waals surface area contributed by atoms with E-state index in [4.69, 9.17) is 9.15 Å². The van der Waals surface area contributed by atoms with E-state index < -0.39 is 12.0 Å². The van der Waals surface area contributed by atoms with Crippen molar-refractivity contribution >= 4 is 29.3 Å². The maximum atomic E-state index is 13.7. The predicted octanol–water partition coefficient (Wildman–Crippen LogP) is 4.11. The second-order valence-electron chi connectivity index (χ2n) is 9.62. The summed E-state index contributed by atoms with van der Waals surface area (Å²) in [5.74, 6) is 1.35. The molecule has 1 unspecified atom stereocenters. The van der Waals surface area contributed by atoms with Gasteiger partial charge in [-0.05, 0) is 49.3 Å². The fourth-order valence-electron chi connectivity index (χ4n) is 4.90. The zero-order valence-corrected chi connectivity index (χ0v) is 21.9. The van der Waals surface area contributed by atoms with E-state index in [1.54, 1.807) is 17.6 Å². The Bertz CT molecular complexity index is 1480. The highest BCUT2D eigenvalue weighted by atomic mass is 32.1. The largest absolute Gasteiger partial charge is 0.466 e. The lowest BCUT2D eigenvalue weighted by atomic mass is 9.93. The van der Waals surface area contributed by atoms with Gasteiger partial charge in [-0.3, -0.25) is 9.36 Å². The summed E-state index contributed by atoms with van der Waals surface area (Å²) in [7, 11) is 1.35. The maximum absolute atomic E-state index is 13.7. The fourth-order valence-corrected chi connectivity index (χ4v) is 5.93. The Labute approximate surface area is 214 Å². The van der Waals surface area contributed by atoms with Gasteiger partial charge in [0.1, 0.15) is 5.76 Å². The molecule has 7 nitrogen and oxygen atoms in total. The van der Waals surface area contributed by atoms with Crippen LogP contribution < -0.4 is 19.8 Å². The highest BCUT2D eigenvalue weighted by Gasteiger charge is 2.33. The molecule has 188 valence electrons. The summed E-state index contributed by atoms with van der Waals surface area (Å²) in [6.45, 7) is 8.03. The molecule has 2 aromatic heterocycles. The molecular weight excluding hydrogens is 474 g/mol. The number of piperidine rings is 1. The number of rotatable bonds is 5. The molecule has 36 heavy (non-hydrogen) atoms. The number of nitrogens with zero attached hydrogens (tertiary/aromatic N) is 3. The first-order valence-electron chi connectivity index (χ1n) is 12.4. The molecule has 0 radical (unpaired) electrons. The Kier molecular flexibility index (Phi) is 6.71. The van der Waals surface area contributed by atoms with Gasteiger partial charge in [-0.1, -0.05) is 49.4 Å². The van der Waals surface area contributed by atoms with E-state index in [0.29, 0.717) is 32.3 Å². The van der Waals surface area contributed by atoms with Crippen LogP contribution in [0.2, 0.25) is 0 Å². The molecule has 3 aromatic rings. The standard InChI is InChI=1S/C28H31N3O4S/c1-17(2)19-8-10-20(11-9-19)25-24(27(33)34-4)18(3)29-28-31(25)26(32)22(36-28)16-21-12-13-23(35-21)30-14-6-5-7-15-30/h8-13,16-17,25H,5-7,14-15H2,1-4H3/b22-16-. The van der Waals surface area contributed by atoms with Crippen molar-refractivity contribution in [2.75, 3.05) is 25.1 Å². The van der Waals surface area contributed by atoms with Crippen LogP contribution in [0, 0.1) is 0 Å². The minimum absolute atomic E-state index is 0.207. The summed E-state index contributed by atoms with van der Waals surface area (Å²) in [4.78, 5) is 34.0. The third-order valence-corrected chi connectivity index (χ3v) is 7.88. The first-order chi connectivity index (χ1) is 17.4. The molecule has 0 aliphatic carbocycles. The number of hydrogen-bond donors (Lipinski definition) is 0. The van der Waals surface area contributed by atoms with Crippen LogP contribution in [-0.4, -0.2) is 30.7 Å². The van der Waals surface area contributed by atoms with Gasteiger partial charge in [-0.2, -0.15) is 0 Å². The van der Waals surface area contributed by atoms with Gasteiger partial charge < -0.3 is 14.1 Å². The number of fused-ring (bicyclic) bond motifs is 1. The molecule has 1 atom stereocenters. The van der Waals surface area contributed by atoms with Crippen molar-refractivity contribution in [1.29, 1.82) is 0 Å². The van der Waals surface area contributed by atoms with E-state index in [2.05, 4.69) is 23.7 Å². The zero-order chi connectivity index (χ0) is 25.4. The van der Waals surface area contributed by atoms with Crippen LogP contribution >= 0.6 is 11.3 Å². The van der Waals surface area contributed by atoms with Crippen LogP contribution in [0.25, 0.3) is 6.08 Å². The number of carbonyl (C=O) groups excluding carboxylic acids is 1. The zero-order valence-electron chi connectivity index (χ0n) is 21.1. The number of esters is 1. The minimum atomic E-state index is -0.613. The molecule has 1 aromatic carbocycles. The van der Waals surface area contributed by atoms with Crippen LogP contribution in [0.3, 0.4) is 0 Å². The molecule has 1 saturated heterocycles. The molecule has 0 bridgehead atoms. The summed E-state index contributed by atoms with van der Waals surface area (Å²) < 4.78 is 13.3. The summed E-state index contributed by atoms with van der Waals surface area (Å²) in [6, 6.07) is 11.3. The highest BCUT2D eigenvalue weighted by Crippen LogP contribution is 2.31. The van der Waals surface area contributed by atoms with Gasteiger partial charge in [0.2, 0.25) is 0 Å². The lowest BCUT2D eigenvalue weighted by Crippen LogP contribution is -2.39. The van der Waals surface area contributed by atoms with Crippen LogP contribution in [0.1, 0.15) is 68.9 Å². The van der Waals surface area contributed by atoms with E-state index in [0.717, 1.165) is 37.4 Å². The third-order valence-electron chi connectivity index (χ3n) is 6.90. The molecule has 2 aliphatic heterocycles. The summed E-state index contributed by atoms with van der Waals surface area (Å²) in [5.41, 5.74) is 2.75. The monoisotopic (exact) mass is 505 g/mol. The van der Waals surface area contributed by atoms with Crippen LogP contribution in [-0.2, 0) is 9.53 Å². The second kappa shape index (κ2) is 9.93. The SMILES string of the molecule is COC(=O)C1=C(C)N=c2s/c(=C\c3ccc(N4CCCCC4)o3)c(=O)n2C1c1ccc(C(C)C)cc1. The molecule has 0 saturated carbocycles. The average Bonchev–Trinajstić information content (AvgIpc) is 3.48. The van der Waals surface area contributed by atoms with E-state index in [-0.39, 0.29) is 5.56 Å². The quantitative estimate of drug-likeness (QED) is 0.488. The molecule has 0 N–H and O–H groups in total. The Morgan fingerprint density at radius 1 is 1.14 bits per heavy atom. The molecule has 2 aliphatic rings. The lowest BCUT2D eigenvalue weighted by molar-refractivity contribution is -0.136. The van der Waals surface area contributed by atoms with Crippen molar-refractivity contribution in [2.45, 2.75) is 52.0 Å². The average molecular weight is 506 g/mol. The summed E-state index contributed by atoms with van der Waals surface area (Å²) in [6.07, 6.45) is 5.34. The van der Waals surface area contributed by atoms with Gasteiger partial charge in [0.05, 0.1) is 29.0 Å². The van der Waals surface area contributed by atoms with Gasteiger partial charge in [0.25, 0.3) is 5.56 Å². The third kappa shape index (κ3) is 4.46. The van der Waals surface area contributed by atoms with Gasteiger partial charge in [0.15, 0.2) is 10.7 Å². The Balaban J connectivity index is 1.60. The maximum Gasteiger partial charge on any atom is 0.338 e. The van der Waals surface area contributed by atoms with E-state index in [9.17, 15) is 9.59 Å². The lowest BCUT2D eigenvalue weighted by Gasteiger charge is -2.25. The first kappa shape index (κ1) is 24.3. The number of thiazole rings is 1. The van der Waals surface area contributed by atoms with Gasteiger partial charge in [0, 0.05) is 25.2 Å². The van der Waals surface area contributed by atoms with Crippen LogP contribution in [0.5, 0.6) is 0 Å². The number of aromatic nitrogens is 1. The molecule has 5 rings (SSSR count). The Morgan fingerprint density at radius 2 is 1.86 bits per heavy atom. The highest BCUT2D eigenvalue weighted by molar-refractivity contribution is 7.07. The molecule has 8 heteroatoms. The molecular formula is C28H31N3O4S. The number of furan rings is 1. The number of ether oxygens (including phenoxy) is 1. The smallest absolute Gasteiger partial charge is 0.338 e. The molecule has 4 heterocycles. The van der Waals surface area contributed by atoms with Gasteiger partial charge >= 0.3 is 5.97 Å². The fraction of sp³-hybridized carbons (Fsp3) is 0.393. The predicted molar refractivity (Wildman–Crippen MR) is 141 cm³/mol. The number of carbonyl (C=O) groups is 1. The number of allylic oxidation sites excluding steroid dienone is 1. The van der Waals surface area contributed by atoms with E-state index >= 15 is 0 Å². The topological polar surface area (TPSA) is 77.0 Å². The summed E-state index contributed by atoms with van der Waals surface area (Å²) in [5, 5.41) is 0. The number of methoxy groups -OCH3 is 1. The normalized spacial score (nSPS) is 18.4. The summed E-state index contributed by atoms with van der Waals surface area (Å²) >= 11 is 1.30. The number of anilines is 1. The van der Waals surface area contributed by atoms with Crippen LogP contribution in [0.15, 0.2) is 61.9 Å². The van der Waals surface area contributed by atoms with Crippen molar-refractivity contribution in [3.8, 4) is 0 Å². The number of hydrogen-bond acceptors (Lipinski definition) is 7. The van der Waals surface area contributed by atoms with Crippen molar-refractivity contribution < 1.29 is 13.9 Å². The van der Waals surface area contributed by atoms with Crippen molar-refractivity contribution in [2.24, 2.45) is 4.99 Å². The first-order valence-corrected chi connectivity index (χ1v) is 13.2. The van der Waals surface area contributed by atoms with Crippen molar-refractivity contribution in [3.63, 3.8) is 0 Å². The van der Waals surface area contributed by atoms with Gasteiger partial charge in [-0.25, -0.2) is 9.79 Å². The molecule has 0 amide bonds. The van der Waals surface area contributed by atoms with Gasteiger partial charge in [-0.15, -0.1) is 0 Å². The van der Waals surface area contributed by atoms with E-state index in [1.807, 2.05) is 36.4 Å². The minimum Gasteiger partial charge on any atom is -0.466 e. The molecule has 0 spiro atoms. The second-order valence-corrected chi connectivity index (χ2v) is 10.6. The van der Waals surface area contributed by atoms with Crippen LogP contribution in [0.4, 0.5) is 5.88 Å². The molecule has 1 fully saturated rings. The van der Waals surface area contributed by atoms with Crippen molar-refractivity contribution in [3.05, 3.63) is 84.2 Å². The Hall–Kier alpha value is -3.39. The Morgan fingerprint density at radius 3 is 2.53 bits per heavy atom. The van der Waals surface area contributed by atoms with E-state index in [1.165, 1.54) is 30.4 Å². The van der Waals surface area contributed by atoms with Crippen molar-refractivity contribution in [1.82, 2.24) is 4.57 Å².